The van der Waals surface area contributed by atoms with Crippen LogP contribution in [0.1, 0.15) is 6.92 Å². The minimum absolute atomic E-state index is 0.126. The summed E-state index contributed by atoms with van der Waals surface area (Å²) in [5.41, 5.74) is 3.45. The Labute approximate surface area is 82.0 Å². The van der Waals surface area contributed by atoms with Crippen molar-refractivity contribution in [2.75, 3.05) is 5.01 Å². The fourth-order valence-corrected chi connectivity index (χ4v) is 1.37. The molecule has 1 amide bonds. The van der Waals surface area contributed by atoms with E-state index in [4.69, 9.17) is 5.41 Å². The zero-order chi connectivity index (χ0) is 10.1. The molecule has 14 heavy (non-hydrogen) atoms. The van der Waals surface area contributed by atoms with Gasteiger partial charge in [0.1, 0.15) is 5.84 Å². The van der Waals surface area contributed by atoms with Crippen molar-refractivity contribution in [3.8, 4) is 0 Å². The van der Waals surface area contributed by atoms with E-state index in [2.05, 4.69) is 5.43 Å². The van der Waals surface area contributed by atoms with Gasteiger partial charge in [0.15, 0.2) is 0 Å². The topological polar surface area (TPSA) is 56.2 Å². The molecule has 1 heterocycles. The van der Waals surface area contributed by atoms with Gasteiger partial charge in [-0.05, 0) is 19.1 Å². The van der Waals surface area contributed by atoms with Crippen LogP contribution in [0, 0.1) is 11.3 Å². The van der Waals surface area contributed by atoms with Crippen LogP contribution in [0.4, 0.5) is 5.69 Å². The Balaban J connectivity index is 2.30. The summed E-state index contributed by atoms with van der Waals surface area (Å²) in [5.74, 6) is -0.199. The summed E-state index contributed by atoms with van der Waals surface area (Å²) >= 11 is 0. The Hall–Kier alpha value is -1.84. The highest BCUT2D eigenvalue weighted by atomic mass is 16.2. The van der Waals surface area contributed by atoms with Crippen molar-refractivity contribution in [1.29, 1.82) is 5.41 Å². The van der Waals surface area contributed by atoms with Crippen LogP contribution in [-0.2, 0) is 4.79 Å². The molecule has 0 aliphatic carbocycles. The second kappa shape index (κ2) is 3.14. The Morgan fingerprint density at radius 1 is 1.36 bits per heavy atom. The van der Waals surface area contributed by atoms with E-state index in [9.17, 15) is 4.79 Å². The molecule has 1 fully saturated rings. The van der Waals surface area contributed by atoms with E-state index in [1.807, 2.05) is 30.3 Å². The zero-order valence-electron chi connectivity index (χ0n) is 7.82. The van der Waals surface area contributed by atoms with E-state index >= 15 is 0 Å². The summed E-state index contributed by atoms with van der Waals surface area (Å²) in [6.45, 7) is 1.72. The van der Waals surface area contributed by atoms with Gasteiger partial charge < -0.3 is 0 Å². The number of para-hydroxylation sites is 1. The number of hydrazine groups is 1. The Kier molecular flexibility index (Phi) is 1.96. The second-order valence-corrected chi connectivity index (χ2v) is 3.25. The number of carbonyl (C=O) groups excluding carboxylic acids is 1. The number of benzene rings is 1. The van der Waals surface area contributed by atoms with Crippen LogP contribution >= 0.6 is 0 Å². The minimum atomic E-state index is -0.366. The molecule has 1 saturated heterocycles. The number of carbonyl (C=O) groups is 1. The number of amidine groups is 1. The Morgan fingerprint density at radius 3 is 2.50 bits per heavy atom. The number of amides is 1. The lowest BCUT2D eigenvalue weighted by Crippen LogP contribution is -2.35. The first-order valence-electron chi connectivity index (χ1n) is 4.44. The fraction of sp³-hybridized carbons (Fsp3) is 0.200. The summed E-state index contributed by atoms with van der Waals surface area (Å²) in [5, 5.41) is 9.23. The van der Waals surface area contributed by atoms with Crippen molar-refractivity contribution in [2.24, 2.45) is 5.92 Å². The molecule has 4 nitrogen and oxygen atoms in total. The Morgan fingerprint density at radius 2 is 2.00 bits per heavy atom. The van der Waals surface area contributed by atoms with Crippen LogP contribution in [-0.4, -0.2) is 11.7 Å². The van der Waals surface area contributed by atoms with E-state index in [1.165, 1.54) is 5.01 Å². The lowest BCUT2D eigenvalue weighted by atomic mass is 10.1. The molecule has 1 aliphatic rings. The van der Waals surface area contributed by atoms with E-state index < -0.39 is 0 Å². The average Bonchev–Trinajstić information content (AvgIpc) is 2.47. The standard InChI is InChI=1S/C10H11N3O/c1-7-9(11)13(12-10(7)14)8-5-3-2-4-6-8/h2-7,11H,1H3,(H,12,14). The number of nitrogens with one attached hydrogen (secondary N) is 2. The van der Waals surface area contributed by atoms with Gasteiger partial charge in [0.25, 0.3) is 0 Å². The normalized spacial score (nSPS) is 21.2. The highest BCUT2D eigenvalue weighted by Gasteiger charge is 2.32. The van der Waals surface area contributed by atoms with Crippen LogP contribution in [0.5, 0.6) is 0 Å². The smallest absolute Gasteiger partial charge is 0.249 e. The summed E-state index contributed by atoms with van der Waals surface area (Å²) in [4.78, 5) is 11.3. The molecule has 0 aromatic heterocycles. The molecule has 1 aromatic rings. The number of nitrogens with zero attached hydrogens (tertiary/aromatic N) is 1. The maximum atomic E-state index is 11.3. The number of rotatable bonds is 1. The van der Waals surface area contributed by atoms with Gasteiger partial charge >= 0.3 is 0 Å². The van der Waals surface area contributed by atoms with Gasteiger partial charge in [-0.3, -0.25) is 15.6 Å². The van der Waals surface area contributed by atoms with Crippen molar-refractivity contribution < 1.29 is 4.79 Å². The van der Waals surface area contributed by atoms with Gasteiger partial charge in [0.2, 0.25) is 5.91 Å². The summed E-state index contributed by atoms with van der Waals surface area (Å²) in [6, 6.07) is 9.35. The van der Waals surface area contributed by atoms with E-state index in [0.717, 1.165) is 5.69 Å². The molecule has 72 valence electrons. The van der Waals surface area contributed by atoms with Crippen LogP contribution in [0.2, 0.25) is 0 Å². The molecular formula is C10H11N3O. The van der Waals surface area contributed by atoms with E-state index in [0.29, 0.717) is 5.84 Å². The highest BCUT2D eigenvalue weighted by molar-refractivity contribution is 6.15. The number of hydrogen-bond acceptors (Lipinski definition) is 2. The first-order valence-corrected chi connectivity index (χ1v) is 4.44. The molecule has 1 aliphatic heterocycles. The van der Waals surface area contributed by atoms with Gasteiger partial charge in [-0.2, -0.15) is 0 Å². The van der Waals surface area contributed by atoms with Crippen molar-refractivity contribution in [3.63, 3.8) is 0 Å². The molecule has 1 atom stereocenters. The molecule has 0 radical (unpaired) electrons. The SMILES string of the molecule is CC1C(=N)N(c2ccccc2)NC1=O. The molecule has 2 rings (SSSR count). The largest absolute Gasteiger partial charge is 0.286 e. The lowest BCUT2D eigenvalue weighted by Gasteiger charge is -2.16. The molecule has 0 bridgehead atoms. The number of hydrogen-bond donors (Lipinski definition) is 2. The predicted octanol–water partition coefficient (Wildman–Crippen LogP) is 1.15. The van der Waals surface area contributed by atoms with E-state index in [1.54, 1.807) is 6.92 Å². The third kappa shape index (κ3) is 1.25. The van der Waals surface area contributed by atoms with Crippen molar-refractivity contribution in [1.82, 2.24) is 5.43 Å². The monoisotopic (exact) mass is 189 g/mol. The van der Waals surface area contributed by atoms with Gasteiger partial charge in [-0.25, -0.2) is 5.01 Å². The molecule has 1 aromatic carbocycles. The lowest BCUT2D eigenvalue weighted by molar-refractivity contribution is -0.121. The molecule has 1 unspecified atom stereocenters. The van der Waals surface area contributed by atoms with Gasteiger partial charge in [0.05, 0.1) is 11.6 Å². The summed E-state index contributed by atoms with van der Waals surface area (Å²) in [6.07, 6.45) is 0. The van der Waals surface area contributed by atoms with Crippen LogP contribution in [0.15, 0.2) is 30.3 Å². The summed E-state index contributed by atoms with van der Waals surface area (Å²) in [7, 11) is 0. The third-order valence-corrected chi connectivity index (χ3v) is 2.28. The van der Waals surface area contributed by atoms with Crippen molar-refractivity contribution >= 4 is 17.4 Å². The number of anilines is 1. The van der Waals surface area contributed by atoms with E-state index in [-0.39, 0.29) is 11.8 Å². The average molecular weight is 189 g/mol. The van der Waals surface area contributed by atoms with Gasteiger partial charge in [0, 0.05) is 0 Å². The van der Waals surface area contributed by atoms with Gasteiger partial charge in [-0.15, -0.1) is 0 Å². The highest BCUT2D eigenvalue weighted by Crippen LogP contribution is 2.18. The molecule has 4 heteroatoms. The van der Waals surface area contributed by atoms with Crippen molar-refractivity contribution in [2.45, 2.75) is 6.92 Å². The maximum absolute atomic E-state index is 11.3. The molecule has 0 spiro atoms. The first-order chi connectivity index (χ1) is 6.70. The maximum Gasteiger partial charge on any atom is 0.249 e. The Bertz CT molecular complexity index is 374. The molecule has 0 saturated carbocycles. The zero-order valence-corrected chi connectivity index (χ0v) is 7.82. The summed E-state index contributed by atoms with van der Waals surface area (Å²) < 4.78 is 0. The minimum Gasteiger partial charge on any atom is -0.286 e. The molecule has 2 N–H and O–H groups in total. The predicted molar refractivity (Wildman–Crippen MR) is 54.0 cm³/mol. The first kappa shape index (κ1) is 8.74. The fourth-order valence-electron chi connectivity index (χ4n) is 1.37. The third-order valence-electron chi connectivity index (χ3n) is 2.28. The van der Waals surface area contributed by atoms with Gasteiger partial charge in [-0.1, -0.05) is 18.2 Å². The van der Waals surface area contributed by atoms with Crippen LogP contribution in [0.3, 0.4) is 0 Å². The van der Waals surface area contributed by atoms with Crippen molar-refractivity contribution in [3.05, 3.63) is 30.3 Å². The second-order valence-electron chi connectivity index (χ2n) is 3.25. The quantitative estimate of drug-likeness (QED) is 0.696. The van der Waals surface area contributed by atoms with Crippen LogP contribution in [0.25, 0.3) is 0 Å². The molecular weight excluding hydrogens is 178 g/mol. The van der Waals surface area contributed by atoms with Crippen LogP contribution < -0.4 is 10.4 Å².